The quantitative estimate of drug-likeness (QED) is 0.796. The molecule has 0 aliphatic carbocycles. The Bertz CT molecular complexity index is 649. The summed E-state index contributed by atoms with van der Waals surface area (Å²) >= 11 is 0. The van der Waals surface area contributed by atoms with Crippen molar-refractivity contribution in [3.8, 4) is 11.5 Å². The molecule has 1 amide bonds. The molecule has 2 rings (SSSR count). The van der Waals surface area contributed by atoms with Crippen molar-refractivity contribution in [2.24, 2.45) is 0 Å². The Balaban J connectivity index is 2.16. The monoisotopic (exact) mass is 298 g/mol. The van der Waals surface area contributed by atoms with Crippen molar-refractivity contribution in [3.63, 3.8) is 0 Å². The SMILES string of the molecule is O=C(Nc1ccc(C(F)(F)F)nc1)c1cc(O)cc(O)c1. The predicted octanol–water partition coefficient (Wildman–Crippen LogP) is 2.76. The molecule has 1 aromatic carbocycles. The van der Waals surface area contributed by atoms with Crippen molar-refractivity contribution in [2.45, 2.75) is 6.18 Å². The van der Waals surface area contributed by atoms with E-state index in [2.05, 4.69) is 10.3 Å². The van der Waals surface area contributed by atoms with Gasteiger partial charge in [0, 0.05) is 11.6 Å². The number of aromatic nitrogens is 1. The maximum atomic E-state index is 12.3. The number of carbonyl (C=O) groups is 1. The largest absolute Gasteiger partial charge is 0.508 e. The first-order valence-corrected chi connectivity index (χ1v) is 5.63. The number of anilines is 1. The van der Waals surface area contributed by atoms with Gasteiger partial charge in [0.1, 0.15) is 17.2 Å². The Morgan fingerprint density at radius 1 is 1.10 bits per heavy atom. The van der Waals surface area contributed by atoms with E-state index in [4.69, 9.17) is 0 Å². The van der Waals surface area contributed by atoms with Gasteiger partial charge in [-0.1, -0.05) is 0 Å². The second kappa shape index (κ2) is 5.31. The van der Waals surface area contributed by atoms with Gasteiger partial charge in [0.2, 0.25) is 0 Å². The molecule has 3 N–H and O–H groups in total. The maximum Gasteiger partial charge on any atom is 0.433 e. The van der Waals surface area contributed by atoms with E-state index in [1.165, 1.54) is 0 Å². The van der Waals surface area contributed by atoms with Crippen molar-refractivity contribution in [2.75, 3.05) is 5.32 Å². The highest BCUT2D eigenvalue weighted by molar-refractivity contribution is 6.04. The number of benzene rings is 1. The second-order valence-corrected chi connectivity index (χ2v) is 4.12. The molecule has 0 atom stereocenters. The highest BCUT2D eigenvalue weighted by Gasteiger charge is 2.32. The van der Waals surface area contributed by atoms with Crippen molar-refractivity contribution in [1.29, 1.82) is 0 Å². The molecule has 0 saturated carbocycles. The number of phenolic OH excluding ortho intramolecular Hbond substituents is 2. The van der Waals surface area contributed by atoms with Gasteiger partial charge in [-0.05, 0) is 24.3 Å². The normalized spacial score (nSPS) is 11.2. The molecule has 0 bridgehead atoms. The molecule has 0 spiro atoms. The summed E-state index contributed by atoms with van der Waals surface area (Å²) in [4.78, 5) is 15.0. The van der Waals surface area contributed by atoms with Crippen LogP contribution in [-0.2, 0) is 6.18 Å². The Kier molecular flexibility index (Phi) is 3.70. The topological polar surface area (TPSA) is 82.5 Å². The minimum Gasteiger partial charge on any atom is -0.508 e. The van der Waals surface area contributed by atoms with E-state index < -0.39 is 17.8 Å². The standard InChI is InChI=1S/C13H9F3N2O3/c14-13(15,16)11-2-1-8(6-17-11)18-12(21)7-3-9(19)5-10(20)4-7/h1-6,19-20H,(H,18,21). The Morgan fingerprint density at radius 2 is 1.71 bits per heavy atom. The summed E-state index contributed by atoms with van der Waals surface area (Å²) in [5.41, 5.74) is -1.07. The first-order valence-electron chi connectivity index (χ1n) is 5.63. The summed E-state index contributed by atoms with van der Waals surface area (Å²) in [5.74, 6) is -1.33. The smallest absolute Gasteiger partial charge is 0.433 e. The van der Waals surface area contributed by atoms with Crippen molar-refractivity contribution in [1.82, 2.24) is 4.98 Å². The molecule has 0 aliphatic heterocycles. The molecule has 2 aromatic rings. The van der Waals surface area contributed by atoms with Crippen LogP contribution in [-0.4, -0.2) is 21.1 Å². The molecule has 0 aliphatic rings. The lowest BCUT2D eigenvalue weighted by molar-refractivity contribution is -0.141. The molecule has 1 heterocycles. The van der Waals surface area contributed by atoms with E-state index >= 15 is 0 Å². The molecule has 0 unspecified atom stereocenters. The van der Waals surface area contributed by atoms with Crippen LogP contribution < -0.4 is 5.32 Å². The number of halogens is 3. The zero-order valence-corrected chi connectivity index (χ0v) is 10.3. The van der Waals surface area contributed by atoms with Crippen LogP contribution in [0.5, 0.6) is 11.5 Å². The number of nitrogens with one attached hydrogen (secondary N) is 1. The van der Waals surface area contributed by atoms with E-state index in [0.29, 0.717) is 0 Å². The third kappa shape index (κ3) is 3.62. The Morgan fingerprint density at radius 3 is 2.19 bits per heavy atom. The van der Waals surface area contributed by atoms with Crippen LogP contribution in [0.2, 0.25) is 0 Å². The number of hydrogen-bond donors (Lipinski definition) is 3. The third-order valence-corrected chi connectivity index (χ3v) is 2.48. The molecule has 0 saturated heterocycles. The zero-order chi connectivity index (χ0) is 15.6. The lowest BCUT2D eigenvalue weighted by Crippen LogP contribution is -2.13. The lowest BCUT2D eigenvalue weighted by atomic mass is 10.2. The molecule has 8 heteroatoms. The Hall–Kier alpha value is -2.77. The summed E-state index contributed by atoms with van der Waals surface area (Å²) < 4.78 is 37.0. The molecule has 0 radical (unpaired) electrons. The lowest BCUT2D eigenvalue weighted by Gasteiger charge is -2.08. The number of rotatable bonds is 2. The van der Waals surface area contributed by atoms with Gasteiger partial charge in [0.15, 0.2) is 0 Å². The minimum absolute atomic E-state index is 0.0487. The van der Waals surface area contributed by atoms with Crippen molar-refractivity contribution < 1.29 is 28.2 Å². The third-order valence-electron chi connectivity index (χ3n) is 2.48. The number of aromatic hydroxyl groups is 2. The molecule has 21 heavy (non-hydrogen) atoms. The average Bonchev–Trinajstić information content (AvgIpc) is 2.37. The minimum atomic E-state index is -4.56. The van der Waals surface area contributed by atoms with E-state index in [9.17, 15) is 28.2 Å². The fourth-order valence-corrected chi connectivity index (χ4v) is 1.57. The molecular formula is C13H9F3N2O3. The predicted molar refractivity (Wildman–Crippen MR) is 67.0 cm³/mol. The number of nitrogens with zero attached hydrogens (tertiary/aromatic N) is 1. The van der Waals surface area contributed by atoms with Gasteiger partial charge in [-0.15, -0.1) is 0 Å². The van der Waals surface area contributed by atoms with Gasteiger partial charge in [0.05, 0.1) is 11.9 Å². The van der Waals surface area contributed by atoms with E-state index in [0.717, 1.165) is 36.5 Å². The van der Waals surface area contributed by atoms with E-state index in [1.807, 2.05) is 0 Å². The van der Waals surface area contributed by atoms with Gasteiger partial charge in [-0.25, -0.2) is 4.98 Å². The summed E-state index contributed by atoms with van der Waals surface area (Å²) in [7, 11) is 0. The number of carbonyl (C=O) groups excluding carboxylic acids is 1. The van der Waals surface area contributed by atoms with Gasteiger partial charge >= 0.3 is 6.18 Å². The summed E-state index contributed by atoms with van der Waals surface area (Å²) in [5, 5.41) is 20.8. The molecular weight excluding hydrogens is 289 g/mol. The van der Waals surface area contributed by atoms with E-state index in [-0.39, 0.29) is 22.7 Å². The number of pyridine rings is 1. The summed E-state index contributed by atoms with van der Waals surface area (Å²) in [6.45, 7) is 0. The first kappa shape index (κ1) is 14.6. The fraction of sp³-hybridized carbons (Fsp3) is 0.0769. The van der Waals surface area contributed by atoms with E-state index in [1.54, 1.807) is 0 Å². The summed E-state index contributed by atoms with van der Waals surface area (Å²) in [6, 6.07) is 5.03. The van der Waals surface area contributed by atoms with Gasteiger partial charge in [0.25, 0.3) is 5.91 Å². The van der Waals surface area contributed by atoms with Crippen LogP contribution in [0.15, 0.2) is 36.5 Å². The van der Waals surface area contributed by atoms with Crippen LogP contribution in [0.3, 0.4) is 0 Å². The van der Waals surface area contributed by atoms with Crippen LogP contribution in [0.25, 0.3) is 0 Å². The average molecular weight is 298 g/mol. The number of alkyl halides is 3. The molecule has 110 valence electrons. The van der Waals surface area contributed by atoms with Gasteiger partial charge in [-0.3, -0.25) is 4.79 Å². The highest BCUT2D eigenvalue weighted by Crippen LogP contribution is 2.28. The second-order valence-electron chi connectivity index (χ2n) is 4.12. The van der Waals surface area contributed by atoms with Gasteiger partial charge < -0.3 is 15.5 Å². The van der Waals surface area contributed by atoms with Crippen LogP contribution in [0.4, 0.5) is 18.9 Å². The van der Waals surface area contributed by atoms with Crippen LogP contribution in [0.1, 0.15) is 16.1 Å². The number of hydrogen-bond acceptors (Lipinski definition) is 4. The summed E-state index contributed by atoms with van der Waals surface area (Å²) in [6.07, 6.45) is -3.69. The fourth-order valence-electron chi connectivity index (χ4n) is 1.57. The van der Waals surface area contributed by atoms with Crippen LogP contribution in [0, 0.1) is 0 Å². The molecule has 1 aromatic heterocycles. The number of amides is 1. The highest BCUT2D eigenvalue weighted by atomic mass is 19.4. The molecule has 5 nitrogen and oxygen atoms in total. The van der Waals surface area contributed by atoms with Crippen molar-refractivity contribution in [3.05, 3.63) is 47.8 Å². The maximum absolute atomic E-state index is 12.3. The molecule has 0 fully saturated rings. The Labute approximate surface area is 116 Å². The van der Waals surface area contributed by atoms with Crippen LogP contribution >= 0.6 is 0 Å². The zero-order valence-electron chi connectivity index (χ0n) is 10.3. The number of phenols is 2. The van der Waals surface area contributed by atoms with Crippen molar-refractivity contribution >= 4 is 11.6 Å². The van der Waals surface area contributed by atoms with Gasteiger partial charge in [-0.2, -0.15) is 13.2 Å². The first-order chi connectivity index (χ1) is 9.75.